The molecule has 10 heteroatoms. The molecule has 2 aromatic rings. The van der Waals surface area contributed by atoms with Crippen LogP contribution in [0.5, 0.6) is 0 Å². The number of aromatic nitrogens is 3. The smallest absolute Gasteiger partial charge is 0.248 e. The van der Waals surface area contributed by atoms with Crippen LogP contribution in [0.1, 0.15) is 24.3 Å². The van der Waals surface area contributed by atoms with Crippen LogP contribution >= 0.6 is 0 Å². The average molecular weight is 367 g/mol. The molecule has 1 aliphatic heterocycles. The molecule has 0 saturated carbocycles. The predicted octanol–water partition coefficient (Wildman–Crippen LogP) is 1.06. The van der Waals surface area contributed by atoms with Crippen LogP contribution in [0.3, 0.4) is 0 Å². The van der Waals surface area contributed by atoms with Crippen LogP contribution in [0.2, 0.25) is 0 Å². The van der Waals surface area contributed by atoms with Gasteiger partial charge >= 0.3 is 0 Å². The van der Waals surface area contributed by atoms with E-state index in [0.717, 1.165) is 0 Å². The Kier molecular flexibility index (Phi) is 4.65. The van der Waals surface area contributed by atoms with Crippen molar-refractivity contribution in [1.29, 1.82) is 0 Å². The van der Waals surface area contributed by atoms with E-state index >= 15 is 0 Å². The second-order valence-corrected chi connectivity index (χ2v) is 8.12. The molecule has 1 aliphatic rings. The fraction of sp³-hybridized carbons (Fsp3) is 0.533. The molecule has 136 valence electrons. The van der Waals surface area contributed by atoms with Crippen LogP contribution in [-0.4, -0.2) is 46.7 Å². The molecule has 0 aromatic carbocycles. The predicted molar refractivity (Wildman–Crippen MR) is 89.3 cm³/mol. The van der Waals surface area contributed by atoms with Gasteiger partial charge in [-0.15, -0.1) is 0 Å². The monoisotopic (exact) mass is 367 g/mol. The molecule has 1 amide bonds. The number of nitrogens with one attached hydrogen (secondary N) is 1. The maximum atomic E-state index is 12.9. The van der Waals surface area contributed by atoms with Gasteiger partial charge in [-0.05, 0) is 26.7 Å². The lowest BCUT2D eigenvalue weighted by molar-refractivity contribution is -0.120. The minimum atomic E-state index is -3.73. The molecule has 0 unspecified atom stereocenters. The first kappa shape index (κ1) is 17.6. The summed E-state index contributed by atoms with van der Waals surface area (Å²) in [4.78, 5) is 12.6. The van der Waals surface area contributed by atoms with E-state index in [9.17, 15) is 13.2 Å². The quantitative estimate of drug-likeness (QED) is 0.865. The Labute approximate surface area is 146 Å². The summed E-state index contributed by atoms with van der Waals surface area (Å²) in [6.07, 6.45) is 4.51. The maximum Gasteiger partial charge on any atom is 0.248 e. The van der Waals surface area contributed by atoms with Gasteiger partial charge in [-0.3, -0.25) is 9.48 Å². The SMILES string of the molecule is Cc1noc(C)c1S(=O)(=O)N1CCC[C@H](C(=O)Nc2cnn(C)c2)C1. The Hall–Kier alpha value is -2.20. The van der Waals surface area contributed by atoms with Crippen molar-refractivity contribution >= 4 is 21.6 Å². The first-order valence-electron chi connectivity index (χ1n) is 8.01. The van der Waals surface area contributed by atoms with Gasteiger partial charge in [0.15, 0.2) is 5.76 Å². The zero-order chi connectivity index (χ0) is 18.2. The number of sulfonamides is 1. The summed E-state index contributed by atoms with van der Waals surface area (Å²) in [5, 5.41) is 10.5. The van der Waals surface area contributed by atoms with Crippen LogP contribution in [-0.2, 0) is 21.9 Å². The third kappa shape index (κ3) is 3.45. The molecule has 2 aromatic heterocycles. The molecule has 1 saturated heterocycles. The number of carbonyl (C=O) groups excluding carboxylic acids is 1. The van der Waals surface area contributed by atoms with E-state index in [1.165, 1.54) is 4.31 Å². The fourth-order valence-electron chi connectivity index (χ4n) is 3.08. The number of hydrogen-bond donors (Lipinski definition) is 1. The van der Waals surface area contributed by atoms with Crippen LogP contribution in [0, 0.1) is 19.8 Å². The van der Waals surface area contributed by atoms with Crippen molar-refractivity contribution in [1.82, 2.24) is 19.2 Å². The third-order valence-electron chi connectivity index (χ3n) is 4.29. The van der Waals surface area contributed by atoms with Gasteiger partial charge in [-0.1, -0.05) is 5.16 Å². The summed E-state index contributed by atoms with van der Waals surface area (Å²) in [5.74, 6) is -0.352. The van der Waals surface area contributed by atoms with Crippen LogP contribution in [0.15, 0.2) is 21.8 Å². The average Bonchev–Trinajstić information content (AvgIpc) is 3.13. The number of anilines is 1. The molecule has 0 aliphatic carbocycles. The number of amides is 1. The van der Waals surface area contributed by atoms with Crippen LogP contribution in [0.25, 0.3) is 0 Å². The Morgan fingerprint density at radius 1 is 1.40 bits per heavy atom. The van der Waals surface area contributed by atoms with E-state index in [0.29, 0.717) is 30.8 Å². The van der Waals surface area contributed by atoms with Crippen molar-refractivity contribution in [3.05, 3.63) is 23.8 Å². The van der Waals surface area contributed by atoms with Crippen LogP contribution in [0.4, 0.5) is 5.69 Å². The molecule has 25 heavy (non-hydrogen) atoms. The Bertz CT molecular complexity index is 866. The van der Waals surface area contributed by atoms with E-state index in [1.807, 2.05) is 0 Å². The molecular weight excluding hydrogens is 346 g/mol. The molecule has 9 nitrogen and oxygen atoms in total. The molecule has 0 bridgehead atoms. The van der Waals surface area contributed by atoms with Gasteiger partial charge in [0.2, 0.25) is 15.9 Å². The summed E-state index contributed by atoms with van der Waals surface area (Å²) in [6.45, 7) is 3.69. The highest BCUT2D eigenvalue weighted by Gasteiger charge is 2.36. The third-order valence-corrected chi connectivity index (χ3v) is 6.40. The van der Waals surface area contributed by atoms with Crippen LogP contribution < -0.4 is 5.32 Å². The number of nitrogens with zero attached hydrogens (tertiary/aromatic N) is 4. The Balaban J connectivity index is 1.75. The van der Waals surface area contributed by atoms with E-state index < -0.39 is 15.9 Å². The minimum absolute atomic E-state index is 0.0980. The van der Waals surface area contributed by atoms with Gasteiger partial charge in [-0.25, -0.2) is 8.42 Å². The van der Waals surface area contributed by atoms with E-state index in [4.69, 9.17) is 4.52 Å². The molecule has 1 fully saturated rings. The maximum absolute atomic E-state index is 12.9. The van der Waals surface area contributed by atoms with Crippen molar-refractivity contribution < 1.29 is 17.7 Å². The Morgan fingerprint density at radius 3 is 2.76 bits per heavy atom. The fourth-order valence-corrected chi connectivity index (χ4v) is 4.89. The lowest BCUT2D eigenvalue weighted by Crippen LogP contribution is -2.43. The number of hydrogen-bond acceptors (Lipinski definition) is 6. The first-order valence-corrected chi connectivity index (χ1v) is 9.45. The summed E-state index contributed by atoms with van der Waals surface area (Å²) < 4.78 is 33.7. The van der Waals surface area contributed by atoms with Crippen molar-refractivity contribution in [3.8, 4) is 0 Å². The zero-order valence-electron chi connectivity index (χ0n) is 14.4. The highest BCUT2D eigenvalue weighted by Crippen LogP contribution is 2.28. The van der Waals surface area contributed by atoms with Crippen molar-refractivity contribution in [2.45, 2.75) is 31.6 Å². The van der Waals surface area contributed by atoms with Crippen molar-refractivity contribution in [2.24, 2.45) is 13.0 Å². The summed E-state index contributed by atoms with van der Waals surface area (Å²) in [5.41, 5.74) is 0.928. The zero-order valence-corrected chi connectivity index (χ0v) is 15.2. The molecule has 3 rings (SSSR count). The highest BCUT2D eigenvalue weighted by atomic mass is 32.2. The van der Waals surface area contributed by atoms with Gasteiger partial charge in [0.1, 0.15) is 10.6 Å². The number of carbonyl (C=O) groups is 1. The largest absolute Gasteiger partial charge is 0.360 e. The highest BCUT2D eigenvalue weighted by molar-refractivity contribution is 7.89. The molecule has 1 N–H and O–H groups in total. The molecule has 0 spiro atoms. The van der Waals surface area contributed by atoms with Crippen molar-refractivity contribution in [2.75, 3.05) is 18.4 Å². The second kappa shape index (κ2) is 6.60. The number of rotatable bonds is 4. The molecular formula is C15H21N5O4S. The van der Waals surface area contributed by atoms with Gasteiger partial charge in [0.05, 0.1) is 17.8 Å². The van der Waals surface area contributed by atoms with Gasteiger partial charge in [0.25, 0.3) is 0 Å². The lowest BCUT2D eigenvalue weighted by atomic mass is 9.99. The van der Waals surface area contributed by atoms with Crippen molar-refractivity contribution in [3.63, 3.8) is 0 Å². The van der Waals surface area contributed by atoms with E-state index in [-0.39, 0.29) is 23.1 Å². The number of aryl methyl sites for hydroxylation is 3. The summed E-state index contributed by atoms with van der Waals surface area (Å²) in [6, 6.07) is 0. The second-order valence-electron chi connectivity index (χ2n) is 6.25. The first-order chi connectivity index (χ1) is 11.8. The van der Waals surface area contributed by atoms with E-state index in [2.05, 4.69) is 15.6 Å². The van der Waals surface area contributed by atoms with Gasteiger partial charge < -0.3 is 9.84 Å². The topological polar surface area (TPSA) is 110 Å². The van der Waals surface area contributed by atoms with E-state index in [1.54, 1.807) is 38.0 Å². The summed E-state index contributed by atoms with van der Waals surface area (Å²) >= 11 is 0. The molecule has 0 radical (unpaired) electrons. The summed E-state index contributed by atoms with van der Waals surface area (Å²) in [7, 11) is -1.98. The van der Waals surface area contributed by atoms with Gasteiger partial charge in [0, 0.05) is 26.3 Å². The minimum Gasteiger partial charge on any atom is -0.360 e. The standard InChI is InChI=1S/C15H21N5O4S/c1-10-14(11(2)24-18-10)25(22,23)20-6-4-5-12(8-20)15(21)17-13-7-16-19(3)9-13/h7,9,12H,4-6,8H2,1-3H3,(H,17,21)/t12-/m0/s1. The Morgan fingerprint density at radius 2 is 2.16 bits per heavy atom. The molecule has 1 atom stereocenters. The number of piperidine rings is 1. The van der Waals surface area contributed by atoms with Gasteiger partial charge in [-0.2, -0.15) is 9.40 Å². The molecule has 3 heterocycles. The normalized spacial score (nSPS) is 19.1. The lowest BCUT2D eigenvalue weighted by Gasteiger charge is -2.31.